The van der Waals surface area contributed by atoms with E-state index in [0.717, 1.165) is 23.7 Å². The summed E-state index contributed by atoms with van der Waals surface area (Å²) in [4.78, 5) is 43.2. The van der Waals surface area contributed by atoms with Gasteiger partial charge in [-0.3, -0.25) is 9.59 Å². The molecule has 0 saturated carbocycles. The number of ether oxygens (including phenoxy) is 2. The second-order valence-corrected chi connectivity index (χ2v) is 7.68. The molecule has 0 fully saturated rings. The number of amides is 1. The first-order chi connectivity index (χ1) is 15.5. The number of methoxy groups -OCH3 is 1. The average Bonchev–Trinajstić information content (AvgIpc) is 2.81. The highest BCUT2D eigenvalue weighted by molar-refractivity contribution is 7.99. The van der Waals surface area contributed by atoms with Gasteiger partial charge >= 0.3 is 5.97 Å². The molecule has 8 nitrogen and oxygen atoms in total. The lowest BCUT2D eigenvalue weighted by molar-refractivity contribution is -0.113. The van der Waals surface area contributed by atoms with Crippen molar-refractivity contribution in [3.63, 3.8) is 0 Å². The molecule has 1 heterocycles. The van der Waals surface area contributed by atoms with E-state index in [0.29, 0.717) is 34.5 Å². The van der Waals surface area contributed by atoms with Crippen LogP contribution < -0.4 is 15.6 Å². The van der Waals surface area contributed by atoms with Gasteiger partial charge in [0.15, 0.2) is 5.16 Å². The zero-order chi connectivity index (χ0) is 22.9. The Kier molecular flexibility index (Phi) is 8.04. The van der Waals surface area contributed by atoms with Gasteiger partial charge in [0.2, 0.25) is 5.91 Å². The molecular formula is C23H23N3O5S. The molecule has 0 spiro atoms. The highest BCUT2D eigenvalue weighted by Crippen LogP contribution is 2.22. The number of hydrogen-bond acceptors (Lipinski definition) is 7. The second kappa shape index (κ2) is 11.1. The van der Waals surface area contributed by atoms with Gasteiger partial charge in [-0.25, -0.2) is 9.78 Å². The predicted octanol–water partition coefficient (Wildman–Crippen LogP) is 3.74. The molecule has 32 heavy (non-hydrogen) atoms. The van der Waals surface area contributed by atoms with Gasteiger partial charge < -0.3 is 19.8 Å². The summed E-state index contributed by atoms with van der Waals surface area (Å²) in [6.07, 6.45) is 0.751. The van der Waals surface area contributed by atoms with Gasteiger partial charge in [0.25, 0.3) is 5.56 Å². The molecular weight excluding hydrogens is 430 g/mol. The smallest absolute Gasteiger partial charge is 0.338 e. The summed E-state index contributed by atoms with van der Waals surface area (Å²) < 4.78 is 10.2. The van der Waals surface area contributed by atoms with E-state index in [-0.39, 0.29) is 17.2 Å². The van der Waals surface area contributed by atoms with Gasteiger partial charge in [-0.15, -0.1) is 0 Å². The number of anilines is 1. The Morgan fingerprint density at radius 2 is 1.81 bits per heavy atom. The standard InChI is InChI=1S/C23H23N3O5S/c1-3-12-31-22(29)16-4-8-17(9-5-16)24-21(28)14-32-23-25-19(13-20(27)26-23)15-6-10-18(30-2)11-7-15/h4-11,13H,3,12,14H2,1-2H3,(H,24,28)(H,25,26,27). The van der Waals surface area contributed by atoms with Crippen LogP contribution in [0.3, 0.4) is 0 Å². The predicted molar refractivity (Wildman–Crippen MR) is 123 cm³/mol. The number of nitrogens with one attached hydrogen (secondary N) is 2. The van der Waals surface area contributed by atoms with Gasteiger partial charge in [-0.05, 0) is 55.0 Å². The molecule has 2 N–H and O–H groups in total. The van der Waals surface area contributed by atoms with Gasteiger partial charge in [-0.1, -0.05) is 18.7 Å². The van der Waals surface area contributed by atoms with Gasteiger partial charge in [0.1, 0.15) is 5.75 Å². The molecule has 3 aromatic rings. The normalized spacial score (nSPS) is 10.4. The van der Waals surface area contributed by atoms with Crippen molar-refractivity contribution < 1.29 is 19.1 Å². The van der Waals surface area contributed by atoms with Crippen LogP contribution in [0.2, 0.25) is 0 Å². The lowest BCUT2D eigenvalue weighted by Crippen LogP contribution is -2.15. The molecule has 0 aliphatic rings. The number of H-pyrrole nitrogens is 1. The zero-order valence-corrected chi connectivity index (χ0v) is 18.5. The Morgan fingerprint density at radius 1 is 1.09 bits per heavy atom. The lowest BCUT2D eigenvalue weighted by atomic mass is 10.1. The Balaban J connectivity index is 1.59. The van der Waals surface area contributed by atoms with Crippen LogP contribution in [0.1, 0.15) is 23.7 Å². The van der Waals surface area contributed by atoms with E-state index in [9.17, 15) is 14.4 Å². The number of aromatic amines is 1. The Bertz CT molecular complexity index is 1130. The molecule has 0 bridgehead atoms. The molecule has 0 saturated heterocycles. The van der Waals surface area contributed by atoms with Crippen molar-refractivity contribution in [3.8, 4) is 17.0 Å². The van der Waals surface area contributed by atoms with Crippen molar-refractivity contribution in [2.24, 2.45) is 0 Å². The third-order valence-corrected chi connectivity index (χ3v) is 5.16. The minimum atomic E-state index is -0.396. The monoisotopic (exact) mass is 453 g/mol. The summed E-state index contributed by atoms with van der Waals surface area (Å²) in [5.74, 6) is 0.0894. The molecule has 0 atom stereocenters. The maximum atomic E-state index is 12.3. The molecule has 1 aromatic heterocycles. The highest BCUT2D eigenvalue weighted by Gasteiger charge is 2.10. The number of carbonyl (C=O) groups excluding carboxylic acids is 2. The van der Waals surface area contributed by atoms with E-state index in [1.807, 2.05) is 19.1 Å². The van der Waals surface area contributed by atoms with Gasteiger partial charge in [-0.2, -0.15) is 0 Å². The number of esters is 1. The fraction of sp³-hybridized carbons (Fsp3) is 0.217. The quantitative estimate of drug-likeness (QED) is 0.288. The van der Waals surface area contributed by atoms with Crippen molar-refractivity contribution in [1.29, 1.82) is 0 Å². The van der Waals surface area contributed by atoms with Crippen LogP contribution in [-0.2, 0) is 9.53 Å². The second-order valence-electron chi connectivity index (χ2n) is 6.71. The molecule has 9 heteroatoms. The lowest BCUT2D eigenvalue weighted by Gasteiger charge is -2.07. The SMILES string of the molecule is CCCOC(=O)c1ccc(NC(=O)CSc2nc(-c3ccc(OC)cc3)cc(=O)[nH]2)cc1. The van der Waals surface area contributed by atoms with Crippen molar-refractivity contribution in [1.82, 2.24) is 9.97 Å². The first kappa shape index (κ1) is 23.1. The summed E-state index contributed by atoms with van der Waals surface area (Å²) in [6.45, 7) is 2.29. The van der Waals surface area contributed by atoms with Crippen LogP contribution in [0.15, 0.2) is 64.5 Å². The Hall–Kier alpha value is -3.59. The van der Waals surface area contributed by atoms with Gasteiger partial charge in [0.05, 0.1) is 30.7 Å². The third-order valence-electron chi connectivity index (χ3n) is 4.29. The van der Waals surface area contributed by atoms with Gasteiger partial charge in [0, 0.05) is 17.3 Å². The van der Waals surface area contributed by atoms with Crippen LogP contribution >= 0.6 is 11.8 Å². The number of nitrogens with zero attached hydrogens (tertiary/aromatic N) is 1. The zero-order valence-electron chi connectivity index (χ0n) is 17.7. The van der Waals surface area contributed by atoms with E-state index in [1.54, 1.807) is 43.5 Å². The van der Waals surface area contributed by atoms with Crippen molar-refractivity contribution >= 4 is 29.3 Å². The maximum Gasteiger partial charge on any atom is 0.338 e. The summed E-state index contributed by atoms with van der Waals surface area (Å²) in [5.41, 5.74) is 1.93. The highest BCUT2D eigenvalue weighted by atomic mass is 32.2. The number of thioether (sulfide) groups is 1. The maximum absolute atomic E-state index is 12.3. The minimum Gasteiger partial charge on any atom is -0.497 e. The number of benzene rings is 2. The number of carbonyl (C=O) groups is 2. The molecule has 1 amide bonds. The molecule has 3 rings (SSSR count). The molecule has 0 aliphatic carbocycles. The summed E-state index contributed by atoms with van der Waals surface area (Å²) in [7, 11) is 1.58. The van der Waals surface area contributed by atoms with E-state index in [1.165, 1.54) is 6.07 Å². The third kappa shape index (κ3) is 6.45. The van der Waals surface area contributed by atoms with Crippen LogP contribution in [0.5, 0.6) is 5.75 Å². The van der Waals surface area contributed by atoms with Crippen LogP contribution in [0.25, 0.3) is 11.3 Å². The molecule has 0 unspecified atom stereocenters. The average molecular weight is 454 g/mol. The topological polar surface area (TPSA) is 110 Å². The fourth-order valence-corrected chi connectivity index (χ4v) is 3.39. The van der Waals surface area contributed by atoms with E-state index in [2.05, 4.69) is 15.3 Å². The minimum absolute atomic E-state index is 0.0509. The molecule has 0 aliphatic heterocycles. The largest absolute Gasteiger partial charge is 0.497 e. The molecule has 0 radical (unpaired) electrons. The Morgan fingerprint density at radius 3 is 2.47 bits per heavy atom. The molecule has 2 aromatic carbocycles. The van der Waals surface area contributed by atoms with Crippen LogP contribution in [0.4, 0.5) is 5.69 Å². The van der Waals surface area contributed by atoms with Crippen molar-refractivity contribution in [3.05, 3.63) is 70.5 Å². The Labute approximate surface area is 189 Å². The van der Waals surface area contributed by atoms with Crippen LogP contribution in [0, 0.1) is 0 Å². The van der Waals surface area contributed by atoms with Crippen LogP contribution in [-0.4, -0.2) is 41.3 Å². The van der Waals surface area contributed by atoms with E-state index < -0.39 is 5.97 Å². The number of hydrogen-bond donors (Lipinski definition) is 2. The number of aromatic nitrogens is 2. The fourth-order valence-electron chi connectivity index (χ4n) is 2.71. The summed E-state index contributed by atoms with van der Waals surface area (Å²) in [6, 6.07) is 15.0. The first-order valence-corrected chi connectivity index (χ1v) is 10.9. The van der Waals surface area contributed by atoms with E-state index in [4.69, 9.17) is 9.47 Å². The molecule has 166 valence electrons. The summed E-state index contributed by atoms with van der Waals surface area (Å²) >= 11 is 1.12. The first-order valence-electron chi connectivity index (χ1n) is 9.94. The van der Waals surface area contributed by atoms with Crippen molar-refractivity contribution in [2.75, 3.05) is 24.8 Å². The summed E-state index contributed by atoms with van der Waals surface area (Å²) in [5, 5.41) is 3.09. The van der Waals surface area contributed by atoms with Crippen molar-refractivity contribution in [2.45, 2.75) is 18.5 Å². The van der Waals surface area contributed by atoms with E-state index >= 15 is 0 Å². The number of rotatable bonds is 9.